The zero-order valence-electron chi connectivity index (χ0n) is 39.4. The molecule has 10 aromatic rings. The zero-order chi connectivity index (χ0) is 44.0. The summed E-state index contributed by atoms with van der Waals surface area (Å²) < 4.78 is 141. The van der Waals surface area contributed by atoms with E-state index in [2.05, 4.69) is 0 Å². The van der Waals surface area contributed by atoms with Crippen LogP contribution in [0.3, 0.4) is 0 Å². The first-order valence-electron chi connectivity index (χ1n) is 22.5. The van der Waals surface area contributed by atoms with Crippen molar-refractivity contribution in [3.63, 3.8) is 0 Å². The maximum absolute atomic E-state index is 9.49. The number of hydrogen-bond acceptors (Lipinski definition) is 1. The summed E-state index contributed by atoms with van der Waals surface area (Å²) in [6.07, 6.45) is 0. The summed E-state index contributed by atoms with van der Waals surface area (Å²) in [6, 6.07) is 14.4. The predicted molar refractivity (Wildman–Crippen MR) is 200 cm³/mol. The van der Waals surface area contributed by atoms with E-state index in [4.69, 9.17) is 16.8 Å². The van der Waals surface area contributed by atoms with Crippen LogP contribution in [-0.4, -0.2) is 0 Å². The van der Waals surface area contributed by atoms with Gasteiger partial charge in [-0.05, 0) is 94.6 Å². The van der Waals surface area contributed by atoms with Crippen molar-refractivity contribution >= 4 is 65.0 Å². The topological polar surface area (TPSA) is 13.1 Å². The average Bonchev–Trinajstić information content (AvgIpc) is 3.67. The Morgan fingerprint density at radius 3 is 1.70 bits per heavy atom. The van der Waals surface area contributed by atoms with Crippen LogP contribution >= 0.6 is 0 Å². The van der Waals surface area contributed by atoms with Crippen LogP contribution in [0.25, 0.3) is 98.4 Å². The number of furan rings is 1. The molecule has 0 aliphatic heterocycles. The molecule has 10 rings (SSSR count). The normalized spacial score (nSPS) is 16.3. The van der Waals surface area contributed by atoms with Crippen LogP contribution in [0.1, 0.15) is 20.6 Å². The van der Waals surface area contributed by atoms with E-state index < -0.39 is 107 Å². The van der Waals surface area contributed by atoms with Crippen molar-refractivity contribution < 1.29 is 25.0 Å². The highest BCUT2D eigenvalue weighted by molar-refractivity contribution is 6.25. The van der Waals surface area contributed by atoms with Crippen LogP contribution < -0.4 is 0 Å². The third-order valence-corrected chi connectivity index (χ3v) is 8.76. The molecule has 0 fully saturated rings. The Balaban J connectivity index is 1.44. The fourth-order valence-corrected chi connectivity index (χ4v) is 6.80. The fourth-order valence-electron chi connectivity index (χ4n) is 6.80. The first-order valence-corrected chi connectivity index (χ1v) is 15.0. The molecule has 0 radical (unpaired) electrons. The number of rotatable bonds is 3. The second-order valence-corrected chi connectivity index (χ2v) is 11.2. The molecule has 47 heavy (non-hydrogen) atoms. The Morgan fingerprint density at radius 1 is 0.383 bits per heavy atom. The minimum atomic E-state index is -0.738. The molecular weight excluding hydrogens is 569 g/mol. The summed E-state index contributed by atoms with van der Waals surface area (Å²) in [5.74, 6) is 0. The van der Waals surface area contributed by atoms with E-state index in [0.29, 0.717) is 27.5 Å². The first kappa shape index (κ1) is 15.4. The lowest BCUT2D eigenvalue weighted by Gasteiger charge is -2.20. The van der Waals surface area contributed by atoms with Crippen LogP contribution in [0.2, 0.25) is 0 Å². The molecule has 218 valence electrons. The lowest BCUT2D eigenvalue weighted by molar-refractivity contribution is 0.669. The van der Waals surface area contributed by atoms with Gasteiger partial charge in [0, 0.05) is 10.8 Å². The zero-order valence-corrected chi connectivity index (χ0v) is 24.4. The Hall–Kier alpha value is -6.18. The smallest absolute Gasteiger partial charge is 0.136 e. The first-order chi connectivity index (χ1) is 29.6. The quantitative estimate of drug-likeness (QED) is 0.181. The molecule has 0 unspecified atom stereocenters. The minimum absolute atomic E-state index is 0.0411. The molecule has 0 aliphatic rings. The van der Waals surface area contributed by atoms with E-state index in [-0.39, 0.29) is 32.7 Å². The summed E-state index contributed by atoms with van der Waals surface area (Å²) in [5.41, 5.74) is 2.54. The van der Waals surface area contributed by atoms with E-state index in [9.17, 15) is 8.22 Å². The largest absolute Gasteiger partial charge is 0.456 e. The van der Waals surface area contributed by atoms with Gasteiger partial charge < -0.3 is 4.42 Å². The van der Waals surface area contributed by atoms with E-state index in [1.165, 1.54) is 0 Å². The molecule has 1 nitrogen and oxygen atoms in total. The third kappa shape index (κ3) is 3.90. The van der Waals surface area contributed by atoms with Crippen molar-refractivity contribution in [3.05, 3.63) is 169 Å². The van der Waals surface area contributed by atoms with Crippen LogP contribution in [-0.2, 0) is 0 Å². The van der Waals surface area contributed by atoms with Gasteiger partial charge in [-0.1, -0.05) is 151 Å². The molecule has 0 amide bonds. The van der Waals surface area contributed by atoms with Crippen LogP contribution in [0.4, 0.5) is 0 Å². The lowest BCUT2D eigenvalue weighted by atomic mass is 9.83. The van der Waals surface area contributed by atoms with Gasteiger partial charge in [-0.3, -0.25) is 0 Å². The second-order valence-electron chi connectivity index (χ2n) is 11.2. The van der Waals surface area contributed by atoms with Crippen molar-refractivity contribution in [2.45, 2.75) is 0 Å². The summed E-state index contributed by atoms with van der Waals surface area (Å²) in [6.45, 7) is 0. The van der Waals surface area contributed by atoms with E-state index in [0.717, 1.165) is 21.9 Å². The summed E-state index contributed by atoms with van der Waals surface area (Å²) in [7, 11) is 0. The maximum Gasteiger partial charge on any atom is 0.136 e. The molecule has 0 saturated heterocycles. The van der Waals surface area contributed by atoms with Crippen molar-refractivity contribution in [2.75, 3.05) is 0 Å². The van der Waals surface area contributed by atoms with Crippen molar-refractivity contribution in [2.24, 2.45) is 0 Å². The Labute approximate surface area is 293 Å². The van der Waals surface area contributed by atoms with Crippen molar-refractivity contribution in [1.29, 1.82) is 0 Å². The van der Waals surface area contributed by atoms with Crippen molar-refractivity contribution in [3.8, 4) is 33.4 Å². The summed E-state index contributed by atoms with van der Waals surface area (Å²) >= 11 is 0. The minimum Gasteiger partial charge on any atom is -0.456 e. The Kier molecular flexibility index (Phi) is 3.33. The van der Waals surface area contributed by atoms with Gasteiger partial charge in [0.2, 0.25) is 0 Å². The second kappa shape index (κ2) is 10.2. The van der Waals surface area contributed by atoms with Gasteiger partial charge >= 0.3 is 0 Å². The van der Waals surface area contributed by atoms with Crippen LogP contribution in [0.5, 0.6) is 0 Å². The molecule has 0 aliphatic carbocycles. The van der Waals surface area contributed by atoms with Crippen molar-refractivity contribution in [1.82, 2.24) is 0 Å². The molecule has 0 saturated carbocycles. The molecule has 1 aromatic heterocycles. The van der Waals surface area contributed by atoms with Gasteiger partial charge in [-0.2, -0.15) is 0 Å². The number of para-hydroxylation sites is 1. The van der Waals surface area contributed by atoms with Crippen LogP contribution in [0.15, 0.2) is 174 Å². The number of hydrogen-bond donors (Lipinski definition) is 0. The standard InChI is InChI=1S/C46H28O/c1-2-13-30-28-31(25-24-29(30)12-1)44-36-16-5-7-18-38(36)45(39-19-8-6-17-37(39)44)40-27-26-34(32-14-3-4-15-33(32)40)35-21-11-23-43-46(35)41-20-9-10-22-42(41)47-43/h1-28H/i1D,2D,5D,6D,7D,8D,12D,13D,16D,17D,18D,19D,24D,25D,28D. The number of benzene rings is 9. The lowest BCUT2D eigenvalue weighted by Crippen LogP contribution is -1.92. The molecule has 9 aromatic carbocycles. The molecule has 1 heteroatoms. The highest BCUT2D eigenvalue weighted by Gasteiger charge is 2.20. The van der Waals surface area contributed by atoms with E-state index in [1.54, 1.807) is 12.1 Å². The molecule has 1 heterocycles. The molecule has 0 bridgehead atoms. The molecular formula is C46H28O. The molecule has 0 N–H and O–H groups in total. The maximum atomic E-state index is 9.49. The third-order valence-electron chi connectivity index (χ3n) is 8.76. The SMILES string of the molecule is [2H]c1c([2H])c([2H])c2c([2H])c(-c3c4c([2H])c([2H])c([2H])c([2H])c4c(-c4ccc(-c5cccc6oc7ccccc7c56)c5ccccc45)c4c([2H])c([2H])c([2H])c([2H])c34)c([2H])c([2H])c2c1[2H]. The van der Waals surface area contributed by atoms with Crippen LogP contribution in [0, 0.1) is 0 Å². The van der Waals surface area contributed by atoms with E-state index >= 15 is 0 Å². The van der Waals surface area contributed by atoms with Gasteiger partial charge in [0.05, 0.1) is 20.6 Å². The predicted octanol–water partition coefficient (Wildman–Crippen LogP) is 13.2. The summed E-state index contributed by atoms with van der Waals surface area (Å²) in [5, 5.41) is 1.26. The monoisotopic (exact) mass is 611 g/mol. The van der Waals surface area contributed by atoms with Gasteiger partial charge in [0.1, 0.15) is 11.2 Å². The Bertz CT molecular complexity index is 3620. The number of fused-ring (bicyclic) bond motifs is 7. The average molecular weight is 612 g/mol. The highest BCUT2D eigenvalue weighted by Crippen LogP contribution is 2.47. The molecule has 0 spiro atoms. The fraction of sp³-hybridized carbons (Fsp3) is 0. The highest BCUT2D eigenvalue weighted by atomic mass is 16.3. The Morgan fingerprint density at radius 2 is 0.957 bits per heavy atom. The van der Waals surface area contributed by atoms with Gasteiger partial charge in [0.15, 0.2) is 0 Å². The van der Waals surface area contributed by atoms with E-state index in [1.807, 2.05) is 66.7 Å². The van der Waals surface area contributed by atoms with Gasteiger partial charge in [-0.15, -0.1) is 0 Å². The summed E-state index contributed by atoms with van der Waals surface area (Å²) in [4.78, 5) is 0. The molecule has 0 atom stereocenters. The van der Waals surface area contributed by atoms with Gasteiger partial charge in [-0.25, -0.2) is 0 Å². The van der Waals surface area contributed by atoms with Gasteiger partial charge in [0.25, 0.3) is 0 Å².